The molecular formula is C20H26O5. The van der Waals surface area contributed by atoms with Crippen molar-refractivity contribution in [2.75, 3.05) is 0 Å². The molecule has 25 heavy (non-hydrogen) atoms. The Morgan fingerprint density at radius 2 is 2.20 bits per heavy atom. The van der Waals surface area contributed by atoms with Crippen LogP contribution in [0.25, 0.3) is 0 Å². The number of rotatable bonds is 2. The summed E-state index contributed by atoms with van der Waals surface area (Å²) in [5.74, 6) is -1.18. The summed E-state index contributed by atoms with van der Waals surface area (Å²) in [6, 6.07) is 0. The van der Waals surface area contributed by atoms with Gasteiger partial charge in [0.15, 0.2) is 0 Å². The van der Waals surface area contributed by atoms with Crippen LogP contribution in [0, 0.1) is 5.92 Å². The van der Waals surface area contributed by atoms with Gasteiger partial charge in [-0.15, -0.1) is 0 Å². The van der Waals surface area contributed by atoms with Crippen molar-refractivity contribution in [3.63, 3.8) is 0 Å². The molecule has 5 nitrogen and oxygen atoms in total. The number of epoxide rings is 1. The lowest BCUT2D eigenvalue weighted by atomic mass is 9.82. The van der Waals surface area contributed by atoms with Gasteiger partial charge in [-0.25, -0.2) is 9.59 Å². The Morgan fingerprint density at radius 1 is 1.48 bits per heavy atom. The number of ether oxygens (including phenoxy) is 3. The fourth-order valence-electron chi connectivity index (χ4n) is 3.76. The zero-order valence-electron chi connectivity index (χ0n) is 15.3. The van der Waals surface area contributed by atoms with Crippen molar-refractivity contribution in [2.45, 2.75) is 70.9 Å². The number of carbonyl (C=O) groups excluding carboxylic acids is 2. The molecule has 5 unspecified atom stereocenters. The average molecular weight is 346 g/mol. The fourth-order valence-corrected chi connectivity index (χ4v) is 3.76. The van der Waals surface area contributed by atoms with E-state index in [9.17, 15) is 9.59 Å². The van der Waals surface area contributed by atoms with E-state index in [-0.39, 0.29) is 29.7 Å². The molecule has 2 saturated heterocycles. The number of allylic oxidation sites excluding steroid dienone is 2. The normalized spacial score (nSPS) is 38.2. The van der Waals surface area contributed by atoms with Crippen LogP contribution in [0.15, 0.2) is 35.5 Å². The predicted octanol–water partition coefficient (Wildman–Crippen LogP) is 3.25. The molecule has 0 radical (unpaired) electrons. The van der Waals surface area contributed by atoms with Crippen LogP contribution < -0.4 is 0 Å². The van der Waals surface area contributed by atoms with E-state index in [2.05, 4.69) is 12.7 Å². The molecule has 0 N–H and O–H groups in total. The third-order valence-corrected chi connectivity index (χ3v) is 5.57. The summed E-state index contributed by atoms with van der Waals surface area (Å²) in [5, 5.41) is 0. The minimum Gasteiger partial charge on any atom is -0.458 e. The summed E-state index contributed by atoms with van der Waals surface area (Å²) < 4.78 is 17.3. The molecule has 0 aromatic rings. The summed E-state index contributed by atoms with van der Waals surface area (Å²) in [4.78, 5) is 24.5. The number of hydrogen-bond donors (Lipinski definition) is 0. The first kappa shape index (κ1) is 17.9. The Balaban J connectivity index is 1.96. The summed E-state index contributed by atoms with van der Waals surface area (Å²) in [6.07, 6.45) is 5.07. The summed E-state index contributed by atoms with van der Waals surface area (Å²) in [6.45, 7) is 11.5. The molecule has 0 spiro atoms. The lowest BCUT2D eigenvalue weighted by molar-refractivity contribution is -0.149. The first-order valence-corrected chi connectivity index (χ1v) is 8.84. The van der Waals surface area contributed by atoms with Gasteiger partial charge in [-0.1, -0.05) is 24.3 Å². The van der Waals surface area contributed by atoms with Gasteiger partial charge in [0.1, 0.15) is 18.3 Å². The van der Waals surface area contributed by atoms with Crippen molar-refractivity contribution in [2.24, 2.45) is 5.92 Å². The summed E-state index contributed by atoms with van der Waals surface area (Å²) >= 11 is 0. The molecule has 3 aliphatic rings. The standard InChI is InChI=1S/C20H26O5/c1-6-12(3)18(21)24-16-15-13(4)19(22)23-14(15)10-11(2)8-7-9-20(5)17(16)25-20/h6,8,14-17H,4,7,9-10H2,1-3,5H3. The van der Waals surface area contributed by atoms with Crippen molar-refractivity contribution < 1.29 is 23.8 Å². The van der Waals surface area contributed by atoms with Crippen LogP contribution >= 0.6 is 0 Å². The van der Waals surface area contributed by atoms with E-state index in [0.29, 0.717) is 17.6 Å². The van der Waals surface area contributed by atoms with Crippen molar-refractivity contribution in [1.82, 2.24) is 0 Å². The molecule has 5 atom stereocenters. The molecule has 0 saturated carbocycles. The molecule has 2 aliphatic heterocycles. The first-order chi connectivity index (χ1) is 11.8. The van der Waals surface area contributed by atoms with Crippen molar-refractivity contribution in [3.8, 4) is 0 Å². The molecule has 0 amide bonds. The highest BCUT2D eigenvalue weighted by Gasteiger charge is 2.62. The van der Waals surface area contributed by atoms with Crippen LogP contribution in [0.3, 0.4) is 0 Å². The van der Waals surface area contributed by atoms with E-state index in [1.165, 1.54) is 0 Å². The average Bonchev–Trinajstić information content (AvgIpc) is 3.15. The monoisotopic (exact) mass is 346 g/mol. The maximum absolute atomic E-state index is 12.4. The highest BCUT2D eigenvalue weighted by Crippen LogP contribution is 2.49. The van der Waals surface area contributed by atoms with Gasteiger partial charge in [-0.3, -0.25) is 0 Å². The molecule has 136 valence electrons. The summed E-state index contributed by atoms with van der Waals surface area (Å²) in [7, 11) is 0. The molecule has 2 heterocycles. The van der Waals surface area contributed by atoms with Gasteiger partial charge in [0.2, 0.25) is 0 Å². The highest BCUT2D eigenvalue weighted by atomic mass is 16.6. The van der Waals surface area contributed by atoms with Crippen LogP contribution in [-0.2, 0) is 23.8 Å². The van der Waals surface area contributed by atoms with Crippen LogP contribution in [0.5, 0.6) is 0 Å². The van der Waals surface area contributed by atoms with Crippen LogP contribution in [-0.4, -0.2) is 35.9 Å². The third kappa shape index (κ3) is 3.30. The second kappa shape index (κ2) is 6.45. The molecule has 0 aromatic heterocycles. The molecule has 0 bridgehead atoms. The second-order valence-corrected chi connectivity index (χ2v) is 7.48. The van der Waals surface area contributed by atoms with E-state index in [1.807, 2.05) is 13.8 Å². The van der Waals surface area contributed by atoms with E-state index < -0.39 is 12.1 Å². The van der Waals surface area contributed by atoms with E-state index >= 15 is 0 Å². The number of esters is 2. The third-order valence-electron chi connectivity index (χ3n) is 5.57. The lowest BCUT2D eigenvalue weighted by Gasteiger charge is -2.28. The number of hydrogen-bond acceptors (Lipinski definition) is 5. The van der Waals surface area contributed by atoms with Crippen LogP contribution in [0.2, 0.25) is 0 Å². The minimum atomic E-state index is -0.567. The molecular weight excluding hydrogens is 320 g/mol. The van der Waals surface area contributed by atoms with Gasteiger partial charge in [0.05, 0.1) is 11.5 Å². The van der Waals surface area contributed by atoms with Crippen molar-refractivity contribution in [1.29, 1.82) is 0 Å². The van der Waals surface area contributed by atoms with E-state index in [4.69, 9.17) is 14.2 Å². The molecule has 2 fully saturated rings. The largest absolute Gasteiger partial charge is 0.458 e. The van der Waals surface area contributed by atoms with Crippen molar-refractivity contribution >= 4 is 11.9 Å². The minimum absolute atomic E-state index is 0.244. The van der Waals surface area contributed by atoms with Crippen molar-refractivity contribution in [3.05, 3.63) is 35.5 Å². The Labute approximate surface area is 148 Å². The van der Waals surface area contributed by atoms with E-state index in [1.54, 1.807) is 19.9 Å². The summed E-state index contributed by atoms with van der Waals surface area (Å²) in [5.41, 5.74) is 1.71. The molecule has 5 heteroatoms. The SMILES string of the molecule is C=C1C(=O)OC2CC(C)=CCCC3(C)OC3C(OC(=O)C(C)=CC)C12. The molecule has 3 rings (SSSR count). The Morgan fingerprint density at radius 3 is 2.88 bits per heavy atom. The predicted molar refractivity (Wildman–Crippen MR) is 92.7 cm³/mol. The smallest absolute Gasteiger partial charge is 0.334 e. The molecule has 0 aromatic carbocycles. The number of fused-ring (bicyclic) bond motifs is 2. The quantitative estimate of drug-likeness (QED) is 0.332. The second-order valence-electron chi connectivity index (χ2n) is 7.48. The number of carbonyl (C=O) groups is 2. The van der Waals surface area contributed by atoms with Crippen LogP contribution in [0.1, 0.15) is 47.0 Å². The Hall–Kier alpha value is -1.88. The van der Waals surface area contributed by atoms with E-state index in [0.717, 1.165) is 18.4 Å². The van der Waals surface area contributed by atoms with Gasteiger partial charge < -0.3 is 14.2 Å². The topological polar surface area (TPSA) is 65.1 Å². The molecule has 1 aliphatic carbocycles. The maximum atomic E-state index is 12.4. The lowest BCUT2D eigenvalue weighted by Crippen LogP contribution is -2.40. The Kier molecular flexibility index (Phi) is 4.62. The van der Waals surface area contributed by atoms with Gasteiger partial charge >= 0.3 is 11.9 Å². The van der Waals surface area contributed by atoms with Crippen LogP contribution in [0.4, 0.5) is 0 Å². The maximum Gasteiger partial charge on any atom is 0.334 e. The Bertz CT molecular complexity index is 674. The zero-order chi connectivity index (χ0) is 18.4. The van der Waals surface area contributed by atoms with Gasteiger partial charge in [0, 0.05) is 17.6 Å². The van der Waals surface area contributed by atoms with Gasteiger partial charge in [0.25, 0.3) is 0 Å². The van der Waals surface area contributed by atoms with Gasteiger partial charge in [-0.2, -0.15) is 0 Å². The zero-order valence-corrected chi connectivity index (χ0v) is 15.3. The fraction of sp³-hybridized carbons (Fsp3) is 0.600. The van der Waals surface area contributed by atoms with Gasteiger partial charge in [-0.05, 0) is 40.5 Å². The highest BCUT2D eigenvalue weighted by molar-refractivity contribution is 5.91. The first-order valence-electron chi connectivity index (χ1n) is 8.84.